The molecular formula is C52H104N2O6P+. The summed E-state index contributed by atoms with van der Waals surface area (Å²) < 4.78 is 23.7. The van der Waals surface area contributed by atoms with E-state index in [1.54, 1.807) is 0 Å². The summed E-state index contributed by atoms with van der Waals surface area (Å²) in [6.07, 6.45) is 53.5. The van der Waals surface area contributed by atoms with Crippen molar-refractivity contribution in [3.8, 4) is 0 Å². The minimum atomic E-state index is -4.32. The van der Waals surface area contributed by atoms with Gasteiger partial charge in [-0.1, -0.05) is 224 Å². The van der Waals surface area contributed by atoms with Gasteiger partial charge in [0.2, 0.25) is 5.91 Å². The van der Waals surface area contributed by atoms with Gasteiger partial charge in [-0.2, -0.15) is 0 Å². The largest absolute Gasteiger partial charge is 0.472 e. The van der Waals surface area contributed by atoms with Gasteiger partial charge in [-0.3, -0.25) is 13.8 Å². The van der Waals surface area contributed by atoms with Gasteiger partial charge in [0.25, 0.3) is 0 Å². The Balaban J connectivity index is 4.23. The second-order valence-electron chi connectivity index (χ2n) is 19.3. The number of carbonyl (C=O) groups excluding carboxylic acids is 1. The third kappa shape index (κ3) is 46.8. The van der Waals surface area contributed by atoms with Crippen LogP contribution < -0.4 is 5.32 Å². The molecule has 0 saturated carbocycles. The van der Waals surface area contributed by atoms with Gasteiger partial charge >= 0.3 is 7.82 Å². The van der Waals surface area contributed by atoms with Crippen molar-refractivity contribution < 1.29 is 32.9 Å². The lowest BCUT2D eigenvalue weighted by molar-refractivity contribution is -0.870. The number of hydrogen-bond acceptors (Lipinski definition) is 5. The summed E-state index contributed by atoms with van der Waals surface area (Å²) in [5.74, 6) is -0.150. The van der Waals surface area contributed by atoms with Gasteiger partial charge in [0.1, 0.15) is 13.2 Å². The van der Waals surface area contributed by atoms with E-state index >= 15 is 0 Å². The predicted octanol–water partition coefficient (Wildman–Crippen LogP) is 15.3. The highest BCUT2D eigenvalue weighted by Gasteiger charge is 2.28. The van der Waals surface area contributed by atoms with Gasteiger partial charge in [-0.25, -0.2) is 4.57 Å². The first kappa shape index (κ1) is 60.0. The highest BCUT2D eigenvalue weighted by atomic mass is 31.2. The van der Waals surface area contributed by atoms with E-state index in [4.69, 9.17) is 9.05 Å². The van der Waals surface area contributed by atoms with Gasteiger partial charge in [-0.15, -0.1) is 0 Å². The summed E-state index contributed by atoms with van der Waals surface area (Å²) in [5.41, 5.74) is 0. The third-order valence-corrected chi connectivity index (χ3v) is 12.9. The number of hydrogen-bond donors (Lipinski definition) is 3. The fourth-order valence-corrected chi connectivity index (χ4v) is 8.52. The van der Waals surface area contributed by atoms with Gasteiger partial charge in [-0.05, 0) is 44.9 Å². The van der Waals surface area contributed by atoms with E-state index in [1.807, 2.05) is 21.1 Å². The summed E-state index contributed by atoms with van der Waals surface area (Å²) in [7, 11) is 1.62. The molecule has 0 aliphatic heterocycles. The summed E-state index contributed by atoms with van der Waals surface area (Å²) in [4.78, 5) is 23.3. The summed E-state index contributed by atoms with van der Waals surface area (Å²) in [6.45, 7) is 4.88. The van der Waals surface area contributed by atoms with Crippen LogP contribution in [0.3, 0.4) is 0 Å². The van der Waals surface area contributed by atoms with Gasteiger partial charge < -0.3 is 19.8 Å². The average molecular weight is 884 g/mol. The van der Waals surface area contributed by atoms with Crippen molar-refractivity contribution in [1.82, 2.24) is 5.32 Å². The maximum atomic E-state index is 12.9. The van der Waals surface area contributed by atoms with Crippen molar-refractivity contribution in [2.24, 2.45) is 0 Å². The molecule has 0 saturated heterocycles. The molecular weight excluding hydrogens is 780 g/mol. The number of likely N-dealkylation sites (N-methyl/N-ethyl adjacent to an activating group) is 1. The van der Waals surface area contributed by atoms with E-state index in [1.165, 1.54) is 173 Å². The van der Waals surface area contributed by atoms with Crippen LogP contribution in [-0.4, -0.2) is 73.4 Å². The lowest BCUT2D eigenvalue weighted by atomic mass is 10.0. The molecule has 8 nitrogen and oxygen atoms in total. The second-order valence-corrected chi connectivity index (χ2v) is 20.7. The monoisotopic (exact) mass is 884 g/mol. The quantitative estimate of drug-likeness (QED) is 0.0243. The highest BCUT2D eigenvalue weighted by molar-refractivity contribution is 7.47. The summed E-state index contributed by atoms with van der Waals surface area (Å²) >= 11 is 0. The molecule has 362 valence electrons. The molecule has 0 aromatic rings. The summed E-state index contributed by atoms with van der Waals surface area (Å²) in [5, 5.41) is 14.0. The standard InChI is InChI=1S/C52H103N2O6P/c1-6-8-10-12-14-16-18-20-22-24-25-26-27-28-30-31-33-35-37-39-41-43-45-51(55)50(49-60-61(57,58)59-48-47-54(3,4)5)53-52(56)46-44-42-40-38-36-34-32-29-23-21-19-17-15-13-11-9-7-2/h15,17,21,23,50-51,55H,6-14,16,18-20,22,24-49H2,1-5H3,(H-,53,56,57,58)/p+1/b17-15-,23-21-. The van der Waals surface area contributed by atoms with Crippen molar-refractivity contribution in [1.29, 1.82) is 0 Å². The van der Waals surface area contributed by atoms with Crippen LogP contribution in [0.1, 0.15) is 251 Å². The van der Waals surface area contributed by atoms with Crippen LogP contribution in [0.5, 0.6) is 0 Å². The number of amides is 1. The molecule has 0 radical (unpaired) electrons. The highest BCUT2D eigenvalue weighted by Crippen LogP contribution is 2.43. The van der Waals surface area contributed by atoms with Crippen LogP contribution in [0.25, 0.3) is 0 Å². The third-order valence-electron chi connectivity index (χ3n) is 12.0. The van der Waals surface area contributed by atoms with Crippen LogP contribution >= 0.6 is 7.82 Å². The van der Waals surface area contributed by atoms with Crippen LogP contribution in [0.2, 0.25) is 0 Å². The number of carbonyl (C=O) groups is 1. The molecule has 0 rings (SSSR count). The Bertz CT molecular complexity index is 1050. The SMILES string of the molecule is CCCCC/C=C\C/C=C\CCCCCCCCCC(=O)NC(COP(=O)(O)OCC[N+](C)(C)C)C(O)CCCCCCCCCCCCCCCCCCCCCCCC. The fraction of sp³-hybridized carbons (Fsp3) is 0.904. The first-order chi connectivity index (χ1) is 29.5. The zero-order valence-electron chi connectivity index (χ0n) is 41.2. The maximum absolute atomic E-state index is 12.9. The van der Waals surface area contributed by atoms with E-state index < -0.39 is 20.0 Å². The van der Waals surface area contributed by atoms with Crippen LogP contribution in [0.15, 0.2) is 24.3 Å². The lowest BCUT2D eigenvalue weighted by Gasteiger charge is -2.26. The van der Waals surface area contributed by atoms with E-state index in [-0.39, 0.29) is 19.1 Å². The Morgan fingerprint density at radius 3 is 1.38 bits per heavy atom. The molecule has 0 aromatic carbocycles. The molecule has 3 atom stereocenters. The van der Waals surface area contributed by atoms with Crippen molar-refractivity contribution in [3.63, 3.8) is 0 Å². The topological polar surface area (TPSA) is 105 Å². The average Bonchev–Trinajstić information content (AvgIpc) is 3.21. The number of unbranched alkanes of at least 4 members (excludes halogenated alkanes) is 31. The molecule has 0 spiro atoms. The Kier molecular flexibility index (Phi) is 43.5. The molecule has 1 amide bonds. The Hall–Kier alpha value is -1.02. The van der Waals surface area contributed by atoms with E-state index in [0.29, 0.717) is 23.9 Å². The number of quaternary nitrogens is 1. The molecule has 61 heavy (non-hydrogen) atoms. The van der Waals surface area contributed by atoms with Crippen molar-refractivity contribution in [2.75, 3.05) is 40.9 Å². The molecule has 0 bridgehead atoms. The Morgan fingerprint density at radius 2 is 0.934 bits per heavy atom. The normalized spacial score (nSPS) is 14.3. The van der Waals surface area contributed by atoms with Crippen LogP contribution in [-0.2, 0) is 18.4 Å². The van der Waals surface area contributed by atoms with Crippen molar-refractivity contribution >= 4 is 13.7 Å². The molecule has 0 fully saturated rings. The maximum Gasteiger partial charge on any atom is 0.472 e. The first-order valence-electron chi connectivity index (χ1n) is 26.2. The molecule has 0 aromatic heterocycles. The number of aliphatic hydroxyl groups is 1. The van der Waals surface area contributed by atoms with Gasteiger partial charge in [0.15, 0.2) is 0 Å². The number of phosphoric ester groups is 1. The molecule has 0 aliphatic rings. The number of rotatable bonds is 48. The minimum absolute atomic E-state index is 0.0739. The van der Waals surface area contributed by atoms with Crippen LogP contribution in [0.4, 0.5) is 0 Å². The van der Waals surface area contributed by atoms with Gasteiger partial charge in [0, 0.05) is 6.42 Å². The lowest BCUT2D eigenvalue weighted by Crippen LogP contribution is -2.46. The predicted molar refractivity (Wildman–Crippen MR) is 263 cm³/mol. The smallest absolute Gasteiger partial charge is 0.391 e. The number of nitrogens with zero attached hydrogens (tertiary/aromatic N) is 1. The Labute approximate surface area is 379 Å². The number of allylic oxidation sites excluding steroid dienone is 4. The van der Waals surface area contributed by atoms with Gasteiger partial charge in [0.05, 0.1) is 39.9 Å². The Morgan fingerprint density at radius 1 is 0.557 bits per heavy atom. The fourth-order valence-electron chi connectivity index (χ4n) is 7.78. The molecule has 0 heterocycles. The van der Waals surface area contributed by atoms with E-state index in [0.717, 1.165) is 51.4 Å². The zero-order valence-corrected chi connectivity index (χ0v) is 42.1. The number of phosphoric acid groups is 1. The number of aliphatic hydroxyl groups excluding tert-OH is 1. The molecule has 9 heteroatoms. The molecule has 3 N–H and O–H groups in total. The number of nitrogens with one attached hydrogen (secondary N) is 1. The van der Waals surface area contributed by atoms with Crippen molar-refractivity contribution in [3.05, 3.63) is 24.3 Å². The van der Waals surface area contributed by atoms with Crippen LogP contribution in [0, 0.1) is 0 Å². The zero-order chi connectivity index (χ0) is 45.0. The van der Waals surface area contributed by atoms with E-state index in [9.17, 15) is 19.4 Å². The molecule has 0 aliphatic carbocycles. The van der Waals surface area contributed by atoms with E-state index in [2.05, 4.69) is 43.5 Å². The first-order valence-corrected chi connectivity index (χ1v) is 27.7. The summed E-state index contributed by atoms with van der Waals surface area (Å²) in [6, 6.07) is -0.763. The minimum Gasteiger partial charge on any atom is -0.391 e. The van der Waals surface area contributed by atoms with Crippen molar-refractivity contribution in [2.45, 2.75) is 264 Å². The molecule has 3 unspecified atom stereocenters. The second kappa shape index (κ2) is 44.2.